The summed E-state index contributed by atoms with van der Waals surface area (Å²) in [5, 5.41) is 11.9. The number of nitrogens with zero attached hydrogens (tertiary/aromatic N) is 3. The number of rotatable bonds is 6. The maximum Gasteiger partial charge on any atom is 0.319 e. The average molecular weight is 410 g/mol. The molecule has 1 aromatic heterocycles. The quantitative estimate of drug-likeness (QED) is 0.787. The number of likely N-dealkylation sites (tertiary alicyclic amines) is 1. The van der Waals surface area contributed by atoms with Gasteiger partial charge in [0.1, 0.15) is 5.60 Å². The molecule has 2 aliphatic rings. The van der Waals surface area contributed by atoms with Crippen molar-refractivity contribution in [2.75, 3.05) is 33.9 Å². The fraction of sp³-hybridized carbons (Fsp3) is 0.500. The van der Waals surface area contributed by atoms with Gasteiger partial charge in [-0.05, 0) is 25.3 Å². The number of fused-ring (bicyclic) bond motifs is 2. The van der Waals surface area contributed by atoms with Crippen LogP contribution in [0.2, 0.25) is 0 Å². The molecule has 2 atom stereocenters. The SMILES string of the molecule is COc1ncc(C2(O)C3CCCC2CN(C/C(C)=C/c2ccccc2)C3)c(OC)n1. The molecule has 30 heavy (non-hydrogen) atoms. The van der Waals surface area contributed by atoms with Gasteiger partial charge in [0.25, 0.3) is 0 Å². The number of benzene rings is 1. The van der Waals surface area contributed by atoms with E-state index in [0.29, 0.717) is 11.4 Å². The largest absolute Gasteiger partial charge is 0.481 e. The molecule has 0 spiro atoms. The summed E-state index contributed by atoms with van der Waals surface area (Å²) in [6, 6.07) is 10.7. The molecule has 1 aromatic carbocycles. The Morgan fingerprint density at radius 3 is 2.50 bits per heavy atom. The van der Waals surface area contributed by atoms with Crippen LogP contribution in [0.3, 0.4) is 0 Å². The van der Waals surface area contributed by atoms with Gasteiger partial charge in [-0.1, -0.05) is 48.4 Å². The lowest BCUT2D eigenvalue weighted by molar-refractivity contribution is -0.146. The van der Waals surface area contributed by atoms with Gasteiger partial charge in [-0.3, -0.25) is 4.90 Å². The first-order valence-corrected chi connectivity index (χ1v) is 10.7. The summed E-state index contributed by atoms with van der Waals surface area (Å²) in [5.41, 5.74) is 2.28. The zero-order valence-electron chi connectivity index (χ0n) is 18.0. The highest BCUT2D eigenvalue weighted by Gasteiger charge is 2.53. The molecule has 1 saturated heterocycles. The average Bonchev–Trinajstić information content (AvgIpc) is 2.74. The van der Waals surface area contributed by atoms with Crippen molar-refractivity contribution >= 4 is 6.08 Å². The summed E-state index contributed by atoms with van der Waals surface area (Å²) in [6.45, 7) is 4.79. The summed E-state index contributed by atoms with van der Waals surface area (Å²) in [5.74, 6) is 0.663. The molecule has 2 aromatic rings. The molecule has 2 heterocycles. The van der Waals surface area contributed by atoms with E-state index in [2.05, 4.69) is 52.1 Å². The summed E-state index contributed by atoms with van der Waals surface area (Å²) in [4.78, 5) is 11.1. The first-order chi connectivity index (χ1) is 14.5. The highest BCUT2D eigenvalue weighted by molar-refractivity contribution is 5.52. The third-order valence-electron chi connectivity index (χ3n) is 6.53. The van der Waals surface area contributed by atoms with Gasteiger partial charge in [0.15, 0.2) is 0 Å². The van der Waals surface area contributed by atoms with Gasteiger partial charge in [-0.2, -0.15) is 4.98 Å². The van der Waals surface area contributed by atoms with Crippen molar-refractivity contribution in [2.45, 2.75) is 31.8 Å². The molecular formula is C24H31N3O3. The molecule has 6 heteroatoms. The number of ether oxygens (including phenoxy) is 2. The first kappa shape index (κ1) is 20.8. The van der Waals surface area contributed by atoms with Crippen LogP contribution in [-0.2, 0) is 5.60 Å². The van der Waals surface area contributed by atoms with E-state index in [1.165, 1.54) is 18.2 Å². The minimum absolute atomic E-state index is 0.125. The Hall–Kier alpha value is -2.44. The Morgan fingerprint density at radius 1 is 1.17 bits per heavy atom. The summed E-state index contributed by atoms with van der Waals surface area (Å²) < 4.78 is 10.7. The Bertz CT molecular complexity index is 886. The van der Waals surface area contributed by atoms with E-state index in [-0.39, 0.29) is 17.8 Å². The van der Waals surface area contributed by atoms with Crippen LogP contribution in [0.4, 0.5) is 0 Å². The van der Waals surface area contributed by atoms with Crippen molar-refractivity contribution in [3.63, 3.8) is 0 Å². The molecule has 2 bridgehead atoms. The number of aromatic nitrogens is 2. The maximum atomic E-state index is 11.9. The smallest absolute Gasteiger partial charge is 0.319 e. The zero-order chi connectivity index (χ0) is 21.1. The predicted octanol–water partition coefficient (Wildman–Crippen LogP) is 3.52. The number of hydrogen-bond acceptors (Lipinski definition) is 6. The molecule has 2 fully saturated rings. The minimum atomic E-state index is -0.969. The van der Waals surface area contributed by atoms with Gasteiger partial charge < -0.3 is 14.6 Å². The van der Waals surface area contributed by atoms with Crippen LogP contribution in [0, 0.1) is 11.8 Å². The summed E-state index contributed by atoms with van der Waals surface area (Å²) in [7, 11) is 3.11. The van der Waals surface area contributed by atoms with Gasteiger partial charge in [0, 0.05) is 37.7 Å². The Kier molecular flexibility index (Phi) is 6.06. The fourth-order valence-electron chi connectivity index (χ4n) is 5.22. The minimum Gasteiger partial charge on any atom is -0.481 e. The molecule has 1 saturated carbocycles. The molecule has 4 rings (SSSR count). The van der Waals surface area contributed by atoms with Crippen molar-refractivity contribution in [1.29, 1.82) is 0 Å². The third-order valence-corrected chi connectivity index (χ3v) is 6.53. The zero-order valence-corrected chi connectivity index (χ0v) is 18.0. The third kappa shape index (κ3) is 3.94. The molecule has 160 valence electrons. The number of piperidine rings is 1. The second-order valence-electron chi connectivity index (χ2n) is 8.53. The molecule has 0 amide bonds. The van der Waals surface area contributed by atoms with E-state index in [1.54, 1.807) is 13.3 Å². The van der Waals surface area contributed by atoms with Gasteiger partial charge in [-0.25, -0.2) is 4.98 Å². The van der Waals surface area contributed by atoms with Gasteiger partial charge in [0.05, 0.1) is 19.8 Å². The number of aliphatic hydroxyl groups is 1. The van der Waals surface area contributed by atoms with Crippen LogP contribution in [-0.4, -0.2) is 53.8 Å². The molecule has 6 nitrogen and oxygen atoms in total. The van der Waals surface area contributed by atoms with Crippen LogP contribution >= 0.6 is 0 Å². The predicted molar refractivity (Wildman–Crippen MR) is 116 cm³/mol. The van der Waals surface area contributed by atoms with E-state index in [4.69, 9.17) is 9.47 Å². The van der Waals surface area contributed by atoms with Crippen molar-refractivity contribution in [1.82, 2.24) is 14.9 Å². The number of methoxy groups -OCH3 is 2. The van der Waals surface area contributed by atoms with Crippen LogP contribution in [0.25, 0.3) is 6.08 Å². The molecule has 1 aliphatic heterocycles. The molecule has 1 N–H and O–H groups in total. The van der Waals surface area contributed by atoms with Crippen molar-refractivity contribution in [2.24, 2.45) is 11.8 Å². The van der Waals surface area contributed by atoms with Crippen LogP contribution in [0.1, 0.15) is 37.3 Å². The molecule has 0 radical (unpaired) electrons. The maximum absolute atomic E-state index is 11.9. The Balaban J connectivity index is 1.56. The van der Waals surface area contributed by atoms with Crippen LogP contribution in [0.15, 0.2) is 42.1 Å². The summed E-state index contributed by atoms with van der Waals surface area (Å²) in [6.07, 6.45) is 7.05. The van der Waals surface area contributed by atoms with Gasteiger partial charge >= 0.3 is 6.01 Å². The van der Waals surface area contributed by atoms with Crippen molar-refractivity contribution in [3.8, 4) is 11.9 Å². The topological polar surface area (TPSA) is 67.7 Å². The summed E-state index contributed by atoms with van der Waals surface area (Å²) >= 11 is 0. The van der Waals surface area contributed by atoms with Gasteiger partial charge in [0.2, 0.25) is 5.88 Å². The lowest BCUT2D eigenvalue weighted by Crippen LogP contribution is -2.58. The van der Waals surface area contributed by atoms with Crippen molar-refractivity contribution < 1.29 is 14.6 Å². The number of hydrogen-bond donors (Lipinski definition) is 1. The first-order valence-electron chi connectivity index (χ1n) is 10.7. The van der Waals surface area contributed by atoms with E-state index >= 15 is 0 Å². The van der Waals surface area contributed by atoms with E-state index in [1.807, 2.05) is 6.07 Å². The fourth-order valence-corrected chi connectivity index (χ4v) is 5.22. The van der Waals surface area contributed by atoms with Crippen LogP contribution in [0.5, 0.6) is 11.9 Å². The molecular weight excluding hydrogens is 378 g/mol. The standard InChI is InChI=1S/C24H31N3O3/c1-17(12-18-8-5-4-6-9-18)14-27-15-19-10-7-11-20(16-27)24(19,28)21-13-25-23(30-3)26-22(21)29-2/h4-6,8-9,12-13,19-20,28H,7,10-11,14-16H2,1-3H3/b17-12+. The van der Waals surface area contributed by atoms with Gasteiger partial charge in [-0.15, -0.1) is 0 Å². The highest BCUT2D eigenvalue weighted by atomic mass is 16.5. The lowest BCUT2D eigenvalue weighted by Gasteiger charge is -2.53. The monoisotopic (exact) mass is 409 g/mol. The Morgan fingerprint density at radius 2 is 1.87 bits per heavy atom. The van der Waals surface area contributed by atoms with Crippen molar-refractivity contribution in [3.05, 3.63) is 53.2 Å². The van der Waals surface area contributed by atoms with E-state index in [0.717, 1.165) is 38.9 Å². The molecule has 1 aliphatic carbocycles. The molecule has 2 unspecified atom stereocenters. The van der Waals surface area contributed by atoms with Crippen LogP contribution < -0.4 is 9.47 Å². The second-order valence-corrected chi connectivity index (χ2v) is 8.53. The second kappa shape index (κ2) is 8.74. The van der Waals surface area contributed by atoms with E-state index < -0.39 is 5.60 Å². The highest BCUT2D eigenvalue weighted by Crippen LogP contribution is 2.51. The Labute approximate surface area is 178 Å². The normalized spacial score (nSPS) is 27.0. The van der Waals surface area contributed by atoms with E-state index in [9.17, 15) is 5.11 Å². The lowest BCUT2D eigenvalue weighted by atomic mass is 9.63.